The summed E-state index contributed by atoms with van der Waals surface area (Å²) in [5.41, 5.74) is 8.48. The molecular weight excluding hydrogens is 1960 g/mol. The van der Waals surface area contributed by atoms with Crippen LogP contribution in [0.2, 0.25) is 0 Å². The molecule has 32 nitrogen and oxygen atoms in total. The van der Waals surface area contributed by atoms with Crippen LogP contribution in [0.1, 0.15) is 86.3 Å². The molecule has 38 heteroatoms. The lowest BCUT2D eigenvalue weighted by Gasteiger charge is -2.35. The van der Waals surface area contributed by atoms with E-state index in [0.29, 0.717) is 132 Å². The number of nitrogens with two attached hydrogens (primary N) is 1. The highest BCUT2D eigenvalue weighted by molar-refractivity contribution is 14.1. The molecule has 5 N–H and O–H groups in total. The number of hydrogen-bond acceptors (Lipinski definition) is 25. The van der Waals surface area contributed by atoms with Crippen LogP contribution >= 0.6 is 67.8 Å². The Bertz CT molecular complexity index is 5310. The second-order valence-electron chi connectivity index (χ2n) is 28.1. The number of anilines is 1. The highest BCUT2D eigenvalue weighted by atomic mass is 127. The van der Waals surface area contributed by atoms with Crippen molar-refractivity contribution in [3.8, 4) is 17.2 Å². The number of amides is 5. The van der Waals surface area contributed by atoms with Crippen LogP contribution in [0.15, 0.2) is 131 Å². The normalized spacial score (nSPS) is 13.7. The third kappa shape index (κ3) is 25.7. The summed E-state index contributed by atoms with van der Waals surface area (Å²) < 4.78 is 151. The summed E-state index contributed by atoms with van der Waals surface area (Å²) in [5, 5.41) is 23.2. The number of carbonyl (C=O) groups excluding carboxylic acids is 6. The molecule has 7 aromatic carbocycles. The standard InChI is InChI=1S/C82H94I3N7O25S3/c1-54-16-19-59(20-17-54)119(104,105)92(24-7-10-57(93)11-8-29-109-31-33-111-35-37-113-39-41-115-43-44-116-42-40-114-38-36-112-34-32-110-30-22-73(95)87-68(82(100)101)50-56-48-66(84)78(67(85)49-56)117-58-18-21-71(94)65(83)51-58)81(99)76-60-12-3-5-14-69(60)90(70-15-6-4-13-61(70)76)23-9-45-118(102,103)89-27-25-88(26-28-89)74(96)53-91-79(97)63-47-55(2)46-62-75(63)64(80(91)98)52-72(77(62)86)120(106,107)108/h3-6,12-21,46-49,51-52,68H,7-11,22-45,50,53H2,1-2H3,(H5-,86,87,94,95,97,98,100,101,106,107,108). The molecule has 2 aliphatic heterocycles. The molecule has 2 aliphatic rings. The number of aromatic hydroxyl groups is 1. The zero-order valence-corrected chi connectivity index (χ0v) is 74.9. The third-order valence-electron chi connectivity index (χ3n) is 19.6. The minimum atomic E-state index is -5.16. The van der Waals surface area contributed by atoms with E-state index in [1.54, 1.807) is 92.7 Å². The maximum absolute atomic E-state index is 15.3. The van der Waals surface area contributed by atoms with Gasteiger partial charge in [0.1, 0.15) is 40.0 Å². The average molecular weight is 2050 g/mol. The summed E-state index contributed by atoms with van der Waals surface area (Å²) in [6, 6.07) is 31.1. The summed E-state index contributed by atoms with van der Waals surface area (Å²) in [5.74, 6) is -4.14. The number of hydrogen-bond donors (Lipinski definition) is 4. The summed E-state index contributed by atoms with van der Waals surface area (Å²) in [4.78, 5) is 95.8. The maximum atomic E-state index is 15.3. The molecule has 1 unspecified atom stereocenters. The summed E-state index contributed by atoms with van der Waals surface area (Å²) in [6.07, 6.45) is 0.685. The molecule has 0 radical (unpaired) electrons. The number of ketones is 1. The van der Waals surface area contributed by atoms with Crippen LogP contribution in [-0.2, 0) is 100 Å². The van der Waals surface area contributed by atoms with Crippen molar-refractivity contribution in [1.29, 1.82) is 0 Å². The minimum Gasteiger partial charge on any atom is -0.744 e. The summed E-state index contributed by atoms with van der Waals surface area (Å²) >= 11 is 6.24. The number of nitrogens with zero attached hydrogens (tertiary/aromatic N) is 5. The number of nitrogens with one attached hydrogen (secondary N) is 1. The van der Waals surface area contributed by atoms with Gasteiger partial charge < -0.3 is 73.3 Å². The number of phenolic OH excluding ortho intramolecular Hbond substituents is 1. The van der Waals surface area contributed by atoms with Gasteiger partial charge in [-0.1, -0.05) is 42.0 Å². The van der Waals surface area contributed by atoms with Crippen molar-refractivity contribution >= 4 is 177 Å². The number of nitrogen functional groups attached to an aromatic ring is 1. The quantitative estimate of drug-likeness (QED) is 0.00529. The van der Waals surface area contributed by atoms with E-state index in [-0.39, 0.29) is 160 Å². The number of fused-ring (bicyclic) bond motifs is 2. The van der Waals surface area contributed by atoms with E-state index >= 15 is 4.79 Å². The fourth-order valence-electron chi connectivity index (χ4n) is 13.6. The van der Waals surface area contributed by atoms with Gasteiger partial charge in [0.15, 0.2) is 12.3 Å². The van der Waals surface area contributed by atoms with Crippen LogP contribution in [0.4, 0.5) is 5.69 Å². The number of aliphatic carboxylic acids is 1. The number of rotatable bonds is 49. The molecule has 10 rings (SSSR count). The molecule has 1 saturated heterocycles. The van der Waals surface area contributed by atoms with E-state index in [2.05, 4.69) is 50.5 Å². The van der Waals surface area contributed by atoms with Crippen LogP contribution in [0.5, 0.6) is 17.2 Å². The molecule has 8 aromatic rings. The first kappa shape index (κ1) is 94.4. The third-order valence-corrected chi connectivity index (χ3v) is 26.6. The number of Topliss-reactive ketones (excluding diaryl/α,β-unsaturated/α-hetero) is 1. The summed E-state index contributed by atoms with van der Waals surface area (Å²) in [6.45, 7) is 7.06. The zero-order chi connectivity index (χ0) is 86.3. The van der Waals surface area contributed by atoms with E-state index < -0.39 is 88.8 Å². The minimum absolute atomic E-state index is 0.0143. The number of carboxylic acid groups (broad SMARTS) is 1. The molecule has 1 aromatic heterocycles. The number of phenols is 1. The Hall–Kier alpha value is -7.80. The number of sulfonamides is 2. The van der Waals surface area contributed by atoms with Crippen LogP contribution < -0.4 is 20.4 Å². The molecule has 5 amide bonds. The number of piperazine rings is 1. The van der Waals surface area contributed by atoms with Crippen LogP contribution in [0.25, 0.3) is 32.6 Å². The number of carbonyl (C=O) groups is 7. The Kier molecular flexibility index (Phi) is 35.4. The maximum Gasteiger partial charge on any atom is 0.326 e. The number of carboxylic acids is 1. The van der Waals surface area contributed by atoms with Gasteiger partial charge in [-0.3, -0.25) is 33.7 Å². The molecule has 0 spiro atoms. The highest BCUT2D eigenvalue weighted by Crippen LogP contribution is 2.40. The molecule has 0 aliphatic carbocycles. The fourth-order valence-corrected chi connectivity index (χ4v) is 19.7. The van der Waals surface area contributed by atoms with E-state index in [1.807, 2.05) is 39.3 Å². The van der Waals surface area contributed by atoms with E-state index in [4.69, 9.17) is 48.4 Å². The lowest BCUT2D eigenvalue weighted by molar-refractivity contribution is -0.645. The van der Waals surface area contributed by atoms with E-state index in [1.165, 1.54) is 33.5 Å². The van der Waals surface area contributed by atoms with Gasteiger partial charge in [0.25, 0.3) is 27.7 Å². The lowest BCUT2D eigenvalue weighted by Crippen LogP contribution is -2.54. The number of aromatic nitrogens is 1. The Labute approximate surface area is 736 Å². The number of pyridine rings is 1. The Balaban J connectivity index is 0.567. The molecule has 1 fully saturated rings. The van der Waals surface area contributed by atoms with Gasteiger partial charge >= 0.3 is 5.97 Å². The van der Waals surface area contributed by atoms with E-state index in [9.17, 15) is 68.8 Å². The van der Waals surface area contributed by atoms with Crippen LogP contribution in [0, 0.1) is 24.6 Å². The van der Waals surface area contributed by atoms with Gasteiger partial charge in [-0.05, 0) is 178 Å². The van der Waals surface area contributed by atoms with Crippen molar-refractivity contribution < 1.29 is 121 Å². The fraction of sp³-hybridized carbons (Fsp3) is 0.415. The number of aryl methyl sites for hydroxylation is 3. The number of para-hydroxylation sites is 2. The average Bonchev–Trinajstić information content (AvgIpc) is 0.718. The Morgan fingerprint density at radius 1 is 0.592 bits per heavy atom. The topological polar surface area (TPSA) is 423 Å². The van der Waals surface area contributed by atoms with Crippen molar-refractivity contribution in [1.82, 2.24) is 23.7 Å². The summed E-state index contributed by atoms with van der Waals surface area (Å²) in [7, 11) is -13.6. The zero-order valence-electron chi connectivity index (χ0n) is 66.0. The van der Waals surface area contributed by atoms with Gasteiger partial charge in [0.2, 0.25) is 32.9 Å². The predicted octanol–water partition coefficient (Wildman–Crippen LogP) is 8.30. The van der Waals surface area contributed by atoms with Gasteiger partial charge in [-0.25, -0.2) is 34.4 Å². The SMILES string of the molecule is Cc1ccc(S(=O)(=O)N(CCCC(=O)CCCOCCOCCOCCOCCOCCOCCOCCOCCC(=O)NC(Cc2cc(I)c(Oc3ccc(O)c(I)c3)c(I)c2)C(=O)O)C(=O)c2c3ccccc3[n+](CCCS(=O)(=O)N3CCN(C(=O)CN4C(=O)c5cc(C)cc6c(N)c(S(=O)(=O)[O-])cc(c56)C4=O)CC3)c3ccccc23)cc1. The predicted molar refractivity (Wildman–Crippen MR) is 465 cm³/mol. The lowest BCUT2D eigenvalue weighted by atomic mass is 9.91. The van der Waals surface area contributed by atoms with Crippen molar-refractivity contribution in [2.45, 2.75) is 81.2 Å². The smallest absolute Gasteiger partial charge is 0.326 e. The van der Waals surface area contributed by atoms with Crippen molar-refractivity contribution in [2.24, 2.45) is 0 Å². The van der Waals surface area contributed by atoms with Crippen molar-refractivity contribution in [2.75, 3.05) is 156 Å². The molecule has 0 saturated carbocycles. The Morgan fingerprint density at radius 2 is 1.11 bits per heavy atom. The first-order valence-electron chi connectivity index (χ1n) is 38.6. The first-order chi connectivity index (χ1) is 57.4. The molecule has 1 atom stereocenters. The highest BCUT2D eigenvalue weighted by Gasteiger charge is 2.40. The van der Waals surface area contributed by atoms with Gasteiger partial charge in [-0.15, -0.1) is 0 Å². The molecule has 3 heterocycles. The van der Waals surface area contributed by atoms with Crippen molar-refractivity contribution in [3.05, 3.63) is 165 Å². The van der Waals surface area contributed by atoms with Gasteiger partial charge in [-0.2, -0.15) is 8.87 Å². The van der Waals surface area contributed by atoms with Crippen molar-refractivity contribution in [3.63, 3.8) is 0 Å². The number of ether oxygens (including phenoxy) is 9. The number of benzene rings is 7. The number of imide groups is 1. The molecular formula is C82H94I3N7O25S3. The molecule has 0 bridgehead atoms. The molecule has 646 valence electrons. The van der Waals surface area contributed by atoms with Crippen LogP contribution in [-0.4, -0.2) is 256 Å². The first-order valence-corrected chi connectivity index (χ1v) is 46.3. The second kappa shape index (κ2) is 45.0. The second-order valence-corrected chi connectivity index (χ2v) is 36.9. The van der Waals surface area contributed by atoms with Gasteiger partial charge in [0.05, 0.1) is 153 Å². The Morgan fingerprint density at radius 3 is 1.64 bits per heavy atom. The van der Waals surface area contributed by atoms with Crippen LogP contribution in [0.3, 0.4) is 0 Å². The molecule has 120 heavy (non-hydrogen) atoms. The number of halogens is 3. The largest absolute Gasteiger partial charge is 0.744 e. The van der Waals surface area contributed by atoms with E-state index in [0.717, 1.165) is 23.1 Å². The van der Waals surface area contributed by atoms with Gasteiger partial charge in [0, 0.05) is 99.9 Å². The monoisotopic (exact) mass is 2050 g/mol.